The number of H-pyrrole nitrogens is 1. The Kier molecular flexibility index (Phi) is 3.15. The first-order chi connectivity index (χ1) is 9.34. The van der Waals surface area contributed by atoms with Crippen LogP contribution in [0.15, 0.2) is 60.8 Å². The van der Waals surface area contributed by atoms with Crippen LogP contribution in [0.2, 0.25) is 0 Å². The van der Waals surface area contributed by atoms with Gasteiger partial charge >= 0.3 is 0 Å². The van der Waals surface area contributed by atoms with Gasteiger partial charge in [0.2, 0.25) is 0 Å². The Morgan fingerprint density at radius 3 is 2.53 bits per heavy atom. The highest BCUT2D eigenvalue weighted by atomic mass is 16.1. The predicted octanol–water partition coefficient (Wildman–Crippen LogP) is 3.98. The Hall–Kier alpha value is -2.35. The highest BCUT2D eigenvalue weighted by Gasteiger charge is 2.08. The molecule has 0 atom stereocenters. The second-order valence-electron chi connectivity index (χ2n) is 4.65. The summed E-state index contributed by atoms with van der Waals surface area (Å²) in [6.45, 7) is 0. The van der Waals surface area contributed by atoms with Gasteiger partial charge in [0.05, 0.1) is 0 Å². The van der Waals surface area contributed by atoms with Crippen LogP contribution in [0.1, 0.15) is 22.3 Å². The molecule has 1 N–H and O–H groups in total. The summed E-state index contributed by atoms with van der Waals surface area (Å²) in [4.78, 5) is 15.3. The van der Waals surface area contributed by atoms with Gasteiger partial charge in [-0.1, -0.05) is 48.5 Å². The van der Waals surface area contributed by atoms with E-state index in [1.54, 1.807) is 0 Å². The number of para-hydroxylation sites is 1. The molecule has 0 radical (unpaired) electrons. The SMILES string of the molecule is O=C(CCc1c[nH]c2ccccc12)c1ccccc1. The van der Waals surface area contributed by atoms with Crippen molar-refractivity contribution in [2.45, 2.75) is 12.8 Å². The molecule has 0 fully saturated rings. The molecule has 0 aliphatic heterocycles. The van der Waals surface area contributed by atoms with Gasteiger partial charge in [-0.25, -0.2) is 0 Å². The van der Waals surface area contributed by atoms with Crippen LogP contribution in [-0.2, 0) is 6.42 Å². The molecule has 0 saturated heterocycles. The van der Waals surface area contributed by atoms with Crippen molar-refractivity contribution in [2.24, 2.45) is 0 Å². The first-order valence-corrected chi connectivity index (χ1v) is 6.48. The van der Waals surface area contributed by atoms with Crippen molar-refractivity contribution in [3.05, 3.63) is 71.9 Å². The van der Waals surface area contributed by atoms with Crippen LogP contribution >= 0.6 is 0 Å². The van der Waals surface area contributed by atoms with Crippen LogP contribution < -0.4 is 0 Å². The van der Waals surface area contributed by atoms with Crippen LogP contribution in [-0.4, -0.2) is 10.8 Å². The lowest BCUT2D eigenvalue weighted by Crippen LogP contribution is -2.00. The monoisotopic (exact) mass is 249 g/mol. The summed E-state index contributed by atoms with van der Waals surface area (Å²) in [6.07, 6.45) is 3.33. The van der Waals surface area contributed by atoms with E-state index < -0.39 is 0 Å². The number of Topliss-reactive ketones (excluding diaryl/α,β-unsaturated/α-hetero) is 1. The van der Waals surface area contributed by atoms with E-state index in [1.165, 1.54) is 10.9 Å². The highest BCUT2D eigenvalue weighted by molar-refractivity contribution is 5.96. The Balaban J connectivity index is 1.75. The number of aromatic nitrogens is 1. The van der Waals surface area contributed by atoms with E-state index in [-0.39, 0.29) is 5.78 Å². The quantitative estimate of drug-likeness (QED) is 0.697. The summed E-state index contributed by atoms with van der Waals surface area (Å²) in [6, 6.07) is 17.7. The Bertz CT molecular complexity index is 697. The average Bonchev–Trinajstić information content (AvgIpc) is 2.89. The Morgan fingerprint density at radius 1 is 0.947 bits per heavy atom. The summed E-state index contributed by atoms with van der Waals surface area (Å²) in [5.74, 6) is 0.200. The van der Waals surface area contributed by atoms with Crippen LogP contribution in [0.25, 0.3) is 10.9 Å². The lowest BCUT2D eigenvalue weighted by Gasteiger charge is -2.00. The van der Waals surface area contributed by atoms with E-state index in [4.69, 9.17) is 0 Å². The molecule has 0 bridgehead atoms. The van der Waals surface area contributed by atoms with Crippen molar-refractivity contribution in [1.82, 2.24) is 4.98 Å². The molecule has 3 aromatic rings. The number of carbonyl (C=O) groups is 1. The summed E-state index contributed by atoms with van der Waals surface area (Å²) < 4.78 is 0. The fraction of sp³-hybridized carbons (Fsp3) is 0.118. The number of aryl methyl sites for hydroxylation is 1. The second kappa shape index (κ2) is 5.11. The van der Waals surface area contributed by atoms with E-state index >= 15 is 0 Å². The smallest absolute Gasteiger partial charge is 0.163 e. The zero-order valence-corrected chi connectivity index (χ0v) is 10.6. The molecule has 2 nitrogen and oxygen atoms in total. The largest absolute Gasteiger partial charge is 0.361 e. The maximum Gasteiger partial charge on any atom is 0.163 e. The number of ketones is 1. The summed E-state index contributed by atoms with van der Waals surface area (Å²) in [5.41, 5.74) is 3.13. The molecular weight excluding hydrogens is 234 g/mol. The van der Waals surface area contributed by atoms with E-state index in [2.05, 4.69) is 17.1 Å². The number of rotatable bonds is 4. The number of benzene rings is 2. The van der Waals surface area contributed by atoms with Gasteiger partial charge in [0.25, 0.3) is 0 Å². The van der Waals surface area contributed by atoms with Gasteiger partial charge in [-0.15, -0.1) is 0 Å². The van der Waals surface area contributed by atoms with Gasteiger partial charge in [-0.05, 0) is 18.1 Å². The average molecular weight is 249 g/mol. The molecule has 3 rings (SSSR count). The molecular formula is C17H15NO. The van der Waals surface area contributed by atoms with Crippen molar-refractivity contribution in [2.75, 3.05) is 0 Å². The first kappa shape index (κ1) is 11.7. The molecule has 1 aromatic heterocycles. The van der Waals surface area contributed by atoms with Crippen molar-refractivity contribution >= 4 is 16.7 Å². The third-order valence-electron chi connectivity index (χ3n) is 3.39. The molecule has 2 aromatic carbocycles. The van der Waals surface area contributed by atoms with E-state index in [1.807, 2.05) is 48.7 Å². The highest BCUT2D eigenvalue weighted by Crippen LogP contribution is 2.19. The van der Waals surface area contributed by atoms with Gasteiger partial charge in [-0.3, -0.25) is 4.79 Å². The summed E-state index contributed by atoms with van der Waals surface area (Å²) in [5, 5.41) is 1.21. The van der Waals surface area contributed by atoms with Gasteiger partial charge in [0, 0.05) is 29.1 Å². The molecule has 19 heavy (non-hydrogen) atoms. The summed E-state index contributed by atoms with van der Waals surface area (Å²) >= 11 is 0. The normalized spacial score (nSPS) is 10.7. The minimum atomic E-state index is 0.200. The van der Waals surface area contributed by atoms with Crippen molar-refractivity contribution in [1.29, 1.82) is 0 Å². The fourth-order valence-corrected chi connectivity index (χ4v) is 2.36. The standard InChI is InChI=1S/C17H15NO/c19-17(13-6-2-1-3-7-13)11-10-14-12-18-16-9-5-4-8-15(14)16/h1-9,12,18H,10-11H2. The number of hydrogen-bond donors (Lipinski definition) is 1. The molecule has 0 unspecified atom stereocenters. The van der Waals surface area contributed by atoms with Crippen LogP contribution in [0, 0.1) is 0 Å². The first-order valence-electron chi connectivity index (χ1n) is 6.48. The lowest BCUT2D eigenvalue weighted by atomic mass is 10.0. The number of nitrogens with one attached hydrogen (secondary N) is 1. The third kappa shape index (κ3) is 2.43. The molecule has 0 aliphatic rings. The number of fused-ring (bicyclic) bond motifs is 1. The fourth-order valence-electron chi connectivity index (χ4n) is 2.36. The van der Waals surface area contributed by atoms with Crippen LogP contribution in [0.4, 0.5) is 0 Å². The second-order valence-corrected chi connectivity index (χ2v) is 4.65. The van der Waals surface area contributed by atoms with Crippen molar-refractivity contribution in [3.63, 3.8) is 0 Å². The topological polar surface area (TPSA) is 32.9 Å². The molecule has 1 heterocycles. The van der Waals surface area contributed by atoms with Crippen molar-refractivity contribution < 1.29 is 4.79 Å². The minimum absolute atomic E-state index is 0.200. The summed E-state index contributed by atoms with van der Waals surface area (Å²) in [7, 11) is 0. The van der Waals surface area contributed by atoms with Crippen molar-refractivity contribution in [3.8, 4) is 0 Å². The molecule has 0 saturated carbocycles. The van der Waals surface area contributed by atoms with E-state index in [0.29, 0.717) is 6.42 Å². The number of hydrogen-bond acceptors (Lipinski definition) is 1. The molecule has 2 heteroatoms. The molecule has 94 valence electrons. The maximum absolute atomic E-state index is 12.1. The number of carbonyl (C=O) groups excluding carboxylic acids is 1. The Labute approximate surface area is 112 Å². The van der Waals surface area contributed by atoms with Gasteiger partial charge < -0.3 is 4.98 Å². The van der Waals surface area contributed by atoms with E-state index in [0.717, 1.165) is 17.5 Å². The zero-order valence-electron chi connectivity index (χ0n) is 10.6. The lowest BCUT2D eigenvalue weighted by molar-refractivity contribution is 0.0983. The van der Waals surface area contributed by atoms with E-state index in [9.17, 15) is 4.79 Å². The molecule has 0 spiro atoms. The predicted molar refractivity (Wildman–Crippen MR) is 77.4 cm³/mol. The zero-order chi connectivity index (χ0) is 13.1. The Morgan fingerprint density at radius 2 is 1.68 bits per heavy atom. The minimum Gasteiger partial charge on any atom is -0.361 e. The van der Waals surface area contributed by atoms with Gasteiger partial charge in [0.15, 0.2) is 5.78 Å². The van der Waals surface area contributed by atoms with Gasteiger partial charge in [-0.2, -0.15) is 0 Å². The van der Waals surface area contributed by atoms with Gasteiger partial charge in [0.1, 0.15) is 0 Å². The molecule has 0 aliphatic carbocycles. The third-order valence-corrected chi connectivity index (χ3v) is 3.39. The van der Waals surface area contributed by atoms with Crippen LogP contribution in [0.5, 0.6) is 0 Å². The maximum atomic E-state index is 12.1. The number of aromatic amines is 1. The molecule has 0 amide bonds. The van der Waals surface area contributed by atoms with Crippen LogP contribution in [0.3, 0.4) is 0 Å².